The monoisotopic (exact) mass is 260 g/mol. The van der Waals surface area contributed by atoms with E-state index in [0.29, 0.717) is 12.1 Å². The largest absolute Gasteiger partial charge is 0.346 e. The van der Waals surface area contributed by atoms with Crippen LogP contribution in [0.25, 0.3) is 0 Å². The number of nitro benzene ring substituents is 1. The third-order valence-corrected chi connectivity index (χ3v) is 2.54. The summed E-state index contributed by atoms with van der Waals surface area (Å²) in [4.78, 5) is 21.8. The van der Waals surface area contributed by atoms with Crippen molar-refractivity contribution in [1.82, 2.24) is 15.1 Å². The fraction of sp³-hybridized carbons (Fsp3) is 0.167. The molecule has 0 radical (unpaired) electrons. The Hall–Kier alpha value is -2.70. The molecule has 0 fully saturated rings. The minimum atomic E-state index is -0.504. The summed E-state index contributed by atoms with van der Waals surface area (Å²) in [5.74, 6) is -0.291. The highest BCUT2D eigenvalue weighted by atomic mass is 16.6. The molecule has 0 aliphatic rings. The molecule has 98 valence electrons. The predicted octanol–water partition coefficient (Wildman–Crippen LogP) is 1.26. The molecule has 1 amide bonds. The van der Waals surface area contributed by atoms with E-state index in [4.69, 9.17) is 0 Å². The Kier molecular flexibility index (Phi) is 3.56. The van der Waals surface area contributed by atoms with Crippen molar-refractivity contribution < 1.29 is 9.72 Å². The fourth-order valence-electron chi connectivity index (χ4n) is 1.56. The maximum Gasteiger partial charge on any atom is 0.269 e. The summed E-state index contributed by atoms with van der Waals surface area (Å²) < 4.78 is 1.65. The zero-order chi connectivity index (χ0) is 13.8. The van der Waals surface area contributed by atoms with E-state index in [1.807, 2.05) is 0 Å². The van der Waals surface area contributed by atoms with Crippen molar-refractivity contribution in [2.24, 2.45) is 7.05 Å². The second kappa shape index (κ2) is 5.30. The lowest BCUT2D eigenvalue weighted by atomic mass is 10.2. The molecule has 0 spiro atoms. The molecule has 1 aromatic carbocycles. The molecule has 1 aromatic heterocycles. The van der Waals surface area contributed by atoms with Crippen LogP contribution in [0.15, 0.2) is 36.5 Å². The van der Waals surface area contributed by atoms with Gasteiger partial charge in [-0.25, -0.2) is 0 Å². The highest BCUT2D eigenvalue weighted by Crippen LogP contribution is 2.11. The molecule has 19 heavy (non-hydrogen) atoms. The van der Waals surface area contributed by atoms with Gasteiger partial charge in [0.25, 0.3) is 11.6 Å². The first-order chi connectivity index (χ1) is 9.06. The summed E-state index contributed by atoms with van der Waals surface area (Å²) in [7, 11) is 1.79. The Balaban J connectivity index is 1.98. The summed E-state index contributed by atoms with van der Waals surface area (Å²) in [6.07, 6.45) is 1.79. The first-order valence-electron chi connectivity index (χ1n) is 5.57. The highest BCUT2D eigenvalue weighted by Gasteiger charge is 2.09. The third kappa shape index (κ3) is 3.15. The van der Waals surface area contributed by atoms with Gasteiger partial charge in [0.05, 0.1) is 17.2 Å². The molecule has 0 atom stereocenters. The van der Waals surface area contributed by atoms with E-state index in [-0.39, 0.29) is 11.6 Å². The van der Waals surface area contributed by atoms with Crippen molar-refractivity contribution in [1.29, 1.82) is 0 Å². The molecule has 0 unspecified atom stereocenters. The van der Waals surface area contributed by atoms with Crippen LogP contribution in [0.3, 0.4) is 0 Å². The van der Waals surface area contributed by atoms with Crippen LogP contribution in [0, 0.1) is 10.1 Å². The van der Waals surface area contributed by atoms with Crippen molar-refractivity contribution in [3.8, 4) is 0 Å². The van der Waals surface area contributed by atoms with Crippen molar-refractivity contribution >= 4 is 11.6 Å². The molecular formula is C12H12N4O3. The fourth-order valence-corrected chi connectivity index (χ4v) is 1.56. The molecule has 0 bridgehead atoms. The lowest BCUT2D eigenvalue weighted by molar-refractivity contribution is -0.384. The molecule has 7 nitrogen and oxygen atoms in total. The molecule has 0 saturated carbocycles. The number of non-ortho nitro benzene ring substituents is 1. The summed E-state index contributed by atoms with van der Waals surface area (Å²) in [6, 6.07) is 7.25. The highest BCUT2D eigenvalue weighted by molar-refractivity contribution is 5.94. The van der Waals surface area contributed by atoms with Crippen molar-refractivity contribution in [2.75, 3.05) is 0 Å². The number of carbonyl (C=O) groups is 1. The average Bonchev–Trinajstić information content (AvgIpc) is 2.82. The number of hydrogen-bond acceptors (Lipinski definition) is 4. The lowest BCUT2D eigenvalue weighted by Gasteiger charge is -2.03. The van der Waals surface area contributed by atoms with E-state index in [2.05, 4.69) is 10.4 Å². The van der Waals surface area contributed by atoms with Gasteiger partial charge in [-0.3, -0.25) is 19.6 Å². The van der Waals surface area contributed by atoms with Crippen LogP contribution in [-0.4, -0.2) is 20.6 Å². The van der Waals surface area contributed by atoms with Gasteiger partial charge in [0.2, 0.25) is 0 Å². The Bertz CT molecular complexity index is 604. The molecule has 2 aromatic rings. The van der Waals surface area contributed by atoms with Gasteiger partial charge in [-0.1, -0.05) is 0 Å². The van der Waals surface area contributed by atoms with Crippen LogP contribution in [-0.2, 0) is 13.6 Å². The van der Waals surface area contributed by atoms with Gasteiger partial charge in [-0.05, 0) is 18.2 Å². The van der Waals surface area contributed by atoms with Gasteiger partial charge in [0.1, 0.15) is 0 Å². The Labute approximate surface area is 109 Å². The zero-order valence-electron chi connectivity index (χ0n) is 10.2. The van der Waals surface area contributed by atoms with Crippen LogP contribution in [0.4, 0.5) is 5.69 Å². The summed E-state index contributed by atoms with van der Waals surface area (Å²) in [6.45, 7) is 0.316. The number of benzene rings is 1. The average molecular weight is 260 g/mol. The van der Waals surface area contributed by atoms with E-state index >= 15 is 0 Å². The van der Waals surface area contributed by atoms with Gasteiger partial charge >= 0.3 is 0 Å². The van der Waals surface area contributed by atoms with Crippen LogP contribution >= 0.6 is 0 Å². The quantitative estimate of drug-likeness (QED) is 0.661. The standard InChI is InChI=1S/C12H12N4O3/c1-15-7-6-10(14-15)8-13-12(17)9-2-4-11(5-3-9)16(18)19/h2-7H,8H2,1H3,(H,13,17). The lowest BCUT2D eigenvalue weighted by Crippen LogP contribution is -2.23. The Morgan fingerprint density at radius 2 is 2.05 bits per heavy atom. The molecule has 7 heteroatoms. The Morgan fingerprint density at radius 1 is 1.37 bits per heavy atom. The predicted molar refractivity (Wildman–Crippen MR) is 67.5 cm³/mol. The number of nitrogens with one attached hydrogen (secondary N) is 1. The topological polar surface area (TPSA) is 90.1 Å². The van der Waals surface area contributed by atoms with Crippen molar-refractivity contribution in [3.05, 3.63) is 57.9 Å². The Morgan fingerprint density at radius 3 is 2.58 bits per heavy atom. The first kappa shape index (κ1) is 12.7. The van der Waals surface area contributed by atoms with Gasteiger partial charge in [0, 0.05) is 30.9 Å². The number of carbonyl (C=O) groups excluding carboxylic acids is 1. The van der Waals surface area contributed by atoms with Crippen LogP contribution in [0.5, 0.6) is 0 Å². The number of hydrogen-bond donors (Lipinski definition) is 1. The normalized spacial score (nSPS) is 10.2. The van der Waals surface area contributed by atoms with Crippen LogP contribution < -0.4 is 5.32 Å². The van der Waals surface area contributed by atoms with E-state index in [1.165, 1.54) is 24.3 Å². The van der Waals surface area contributed by atoms with Gasteiger partial charge < -0.3 is 5.32 Å². The SMILES string of the molecule is Cn1ccc(CNC(=O)c2ccc([N+](=O)[O-])cc2)n1. The second-order valence-corrected chi connectivity index (χ2v) is 3.97. The maximum absolute atomic E-state index is 11.8. The zero-order valence-corrected chi connectivity index (χ0v) is 10.2. The number of aryl methyl sites for hydroxylation is 1. The van der Waals surface area contributed by atoms with Gasteiger partial charge in [-0.15, -0.1) is 0 Å². The van der Waals surface area contributed by atoms with Crippen molar-refractivity contribution in [2.45, 2.75) is 6.54 Å². The van der Waals surface area contributed by atoms with Gasteiger partial charge in [0.15, 0.2) is 0 Å². The molecule has 2 rings (SSSR count). The van der Waals surface area contributed by atoms with Crippen molar-refractivity contribution in [3.63, 3.8) is 0 Å². The van der Waals surface area contributed by atoms with Crippen LogP contribution in [0.1, 0.15) is 16.1 Å². The van der Waals surface area contributed by atoms with E-state index in [9.17, 15) is 14.9 Å². The molecule has 0 aliphatic carbocycles. The van der Waals surface area contributed by atoms with Gasteiger partial charge in [-0.2, -0.15) is 5.10 Å². The number of amides is 1. The number of nitro groups is 1. The molecule has 0 aliphatic heterocycles. The maximum atomic E-state index is 11.8. The summed E-state index contributed by atoms with van der Waals surface area (Å²) in [5.41, 5.74) is 1.08. The number of aromatic nitrogens is 2. The molecule has 1 N–H and O–H groups in total. The molecule has 1 heterocycles. The minimum Gasteiger partial charge on any atom is -0.346 e. The minimum absolute atomic E-state index is 0.0405. The van der Waals surface area contributed by atoms with E-state index in [0.717, 1.165) is 5.69 Å². The molecule has 0 saturated heterocycles. The smallest absolute Gasteiger partial charge is 0.269 e. The summed E-state index contributed by atoms with van der Waals surface area (Å²) >= 11 is 0. The second-order valence-electron chi connectivity index (χ2n) is 3.97. The van der Waals surface area contributed by atoms with E-state index in [1.54, 1.807) is 24.0 Å². The number of rotatable bonds is 4. The number of nitrogens with zero attached hydrogens (tertiary/aromatic N) is 3. The molecular weight excluding hydrogens is 248 g/mol. The third-order valence-electron chi connectivity index (χ3n) is 2.54. The first-order valence-corrected chi connectivity index (χ1v) is 5.57. The van der Waals surface area contributed by atoms with Crippen LogP contribution in [0.2, 0.25) is 0 Å². The van der Waals surface area contributed by atoms with E-state index < -0.39 is 4.92 Å². The summed E-state index contributed by atoms with van der Waals surface area (Å²) in [5, 5.41) is 17.3.